The number of halogens is 1. The minimum Gasteiger partial charge on any atom is -0.383 e. The summed E-state index contributed by atoms with van der Waals surface area (Å²) in [4.78, 5) is 4.42. The molecule has 0 spiro atoms. The van der Waals surface area contributed by atoms with E-state index in [1.807, 2.05) is 18.4 Å². The molecule has 0 amide bonds. The van der Waals surface area contributed by atoms with Crippen molar-refractivity contribution in [3.8, 4) is 11.3 Å². The SMILES string of the molecule is C=CCn1c(C)nc(-c2cc(F)ccc2C)c1N. The van der Waals surface area contributed by atoms with E-state index in [4.69, 9.17) is 5.73 Å². The first-order valence-electron chi connectivity index (χ1n) is 5.74. The Kier molecular flexibility index (Phi) is 3.19. The van der Waals surface area contributed by atoms with Crippen LogP contribution in [-0.4, -0.2) is 9.55 Å². The molecule has 0 atom stereocenters. The molecule has 1 aromatic carbocycles. The summed E-state index contributed by atoms with van der Waals surface area (Å²) in [7, 11) is 0. The van der Waals surface area contributed by atoms with Crippen LogP contribution in [-0.2, 0) is 6.54 Å². The first-order chi connectivity index (χ1) is 8.54. The van der Waals surface area contributed by atoms with Gasteiger partial charge in [-0.3, -0.25) is 0 Å². The molecule has 4 heteroatoms. The molecule has 1 heterocycles. The third kappa shape index (κ3) is 2.01. The molecular weight excluding hydrogens is 229 g/mol. The van der Waals surface area contributed by atoms with Crippen molar-refractivity contribution in [2.45, 2.75) is 20.4 Å². The van der Waals surface area contributed by atoms with Crippen LogP contribution >= 0.6 is 0 Å². The van der Waals surface area contributed by atoms with Crippen LogP contribution in [0.5, 0.6) is 0 Å². The maximum Gasteiger partial charge on any atom is 0.132 e. The maximum atomic E-state index is 13.3. The van der Waals surface area contributed by atoms with Gasteiger partial charge >= 0.3 is 0 Å². The van der Waals surface area contributed by atoms with E-state index in [1.165, 1.54) is 12.1 Å². The lowest BCUT2D eigenvalue weighted by molar-refractivity contribution is 0.628. The Morgan fingerprint density at radius 1 is 1.44 bits per heavy atom. The van der Waals surface area contributed by atoms with Crippen molar-refractivity contribution in [2.24, 2.45) is 0 Å². The number of rotatable bonds is 3. The molecule has 0 saturated carbocycles. The Labute approximate surface area is 106 Å². The maximum absolute atomic E-state index is 13.3. The predicted octanol–water partition coefficient (Wildman–Crippen LogP) is 3.07. The summed E-state index contributed by atoms with van der Waals surface area (Å²) in [5.74, 6) is 1.05. The summed E-state index contributed by atoms with van der Waals surface area (Å²) < 4.78 is 15.2. The van der Waals surface area contributed by atoms with E-state index in [0.29, 0.717) is 18.1 Å². The Bertz CT molecular complexity index is 599. The quantitative estimate of drug-likeness (QED) is 0.844. The Balaban J connectivity index is 2.61. The molecule has 0 saturated heterocycles. The Morgan fingerprint density at radius 3 is 2.83 bits per heavy atom. The third-order valence-corrected chi connectivity index (χ3v) is 2.96. The van der Waals surface area contributed by atoms with Crippen molar-refractivity contribution in [1.29, 1.82) is 0 Å². The van der Waals surface area contributed by atoms with E-state index >= 15 is 0 Å². The van der Waals surface area contributed by atoms with Crippen molar-refractivity contribution in [3.05, 3.63) is 48.1 Å². The highest BCUT2D eigenvalue weighted by atomic mass is 19.1. The number of imidazole rings is 1. The van der Waals surface area contributed by atoms with Crippen molar-refractivity contribution >= 4 is 5.82 Å². The van der Waals surface area contributed by atoms with Gasteiger partial charge in [0.2, 0.25) is 0 Å². The average Bonchev–Trinajstić information content (AvgIpc) is 2.61. The summed E-state index contributed by atoms with van der Waals surface area (Å²) in [5, 5.41) is 0. The van der Waals surface area contributed by atoms with Crippen molar-refractivity contribution in [3.63, 3.8) is 0 Å². The molecule has 0 radical (unpaired) electrons. The smallest absolute Gasteiger partial charge is 0.132 e. The van der Waals surface area contributed by atoms with E-state index in [-0.39, 0.29) is 5.82 Å². The van der Waals surface area contributed by atoms with Gasteiger partial charge in [-0.25, -0.2) is 9.37 Å². The highest BCUT2D eigenvalue weighted by molar-refractivity contribution is 5.73. The fraction of sp³-hybridized carbons (Fsp3) is 0.214. The molecule has 2 N–H and O–H groups in total. The molecule has 0 unspecified atom stereocenters. The Hall–Kier alpha value is -2.10. The molecule has 0 fully saturated rings. The average molecular weight is 245 g/mol. The zero-order valence-corrected chi connectivity index (χ0v) is 10.6. The number of hydrogen-bond acceptors (Lipinski definition) is 2. The molecule has 3 nitrogen and oxygen atoms in total. The molecule has 2 aromatic rings. The Morgan fingerprint density at radius 2 is 2.17 bits per heavy atom. The van der Waals surface area contributed by atoms with Gasteiger partial charge in [0.1, 0.15) is 23.2 Å². The fourth-order valence-electron chi connectivity index (χ4n) is 1.99. The summed E-state index contributed by atoms with van der Waals surface area (Å²) in [6.45, 7) is 8.07. The van der Waals surface area contributed by atoms with E-state index in [9.17, 15) is 4.39 Å². The normalized spacial score (nSPS) is 10.6. The lowest BCUT2D eigenvalue weighted by Crippen LogP contribution is -2.03. The first kappa shape index (κ1) is 12.4. The first-order valence-corrected chi connectivity index (χ1v) is 5.74. The second-order valence-corrected chi connectivity index (χ2v) is 4.25. The largest absolute Gasteiger partial charge is 0.383 e. The minimum atomic E-state index is -0.286. The van der Waals surface area contributed by atoms with E-state index in [2.05, 4.69) is 11.6 Å². The lowest BCUT2D eigenvalue weighted by atomic mass is 10.1. The van der Waals surface area contributed by atoms with Crippen LogP contribution in [0.25, 0.3) is 11.3 Å². The second kappa shape index (κ2) is 4.64. The predicted molar refractivity (Wildman–Crippen MR) is 71.7 cm³/mol. The summed E-state index contributed by atoms with van der Waals surface area (Å²) >= 11 is 0. The summed E-state index contributed by atoms with van der Waals surface area (Å²) in [6, 6.07) is 4.63. The standard InChI is InChI=1S/C14H16FN3/c1-4-7-18-10(3)17-13(14(18)16)12-8-11(15)6-5-9(12)2/h4-6,8H,1,7,16H2,2-3H3. The molecule has 0 bridgehead atoms. The van der Waals surface area contributed by atoms with Crippen molar-refractivity contribution < 1.29 is 4.39 Å². The topological polar surface area (TPSA) is 43.8 Å². The molecular formula is C14H16FN3. The van der Waals surface area contributed by atoms with Crippen LogP contribution in [0.1, 0.15) is 11.4 Å². The van der Waals surface area contributed by atoms with Gasteiger partial charge in [-0.2, -0.15) is 0 Å². The molecule has 94 valence electrons. The molecule has 1 aromatic heterocycles. The van der Waals surface area contributed by atoms with Crippen molar-refractivity contribution in [2.75, 3.05) is 5.73 Å². The molecule has 0 aliphatic heterocycles. The molecule has 0 aliphatic rings. The second-order valence-electron chi connectivity index (χ2n) is 4.25. The van der Waals surface area contributed by atoms with Crippen LogP contribution in [0.15, 0.2) is 30.9 Å². The number of allylic oxidation sites excluding steroid dienone is 1. The minimum absolute atomic E-state index is 0.286. The van der Waals surface area contributed by atoms with Gasteiger partial charge < -0.3 is 10.3 Å². The van der Waals surface area contributed by atoms with Gasteiger partial charge in [0, 0.05) is 12.1 Å². The fourth-order valence-corrected chi connectivity index (χ4v) is 1.99. The van der Waals surface area contributed by atoms with Gasteiger partial charge in [-0.05, 0) is 31.5 Å². The molecule has 0 aliphatic carbocycles. The highest BCUT2D eigenvalue weighted by Crippen LogP contribution is 2.29. The van der Waals surface area contributed by atoms with Crippen LogP contribution < -0.4 is 5.73 Å². The summed E-state index contributed by atoms with van der Waals surface area (Å²) in [5.41, 5.74) is 8.39. The number of nitrogens with zero attached hydrogens (tertiary/aromatic N) is 2. The van der Waals surface area contributed by atoms with E-state index in [0.717, 1.165) is 17.0 Å². The highest BCUT2D eigenvalue weighted by Gasteiger charge is 2.15. The van der Waals surface area contributed by atoms with Crippen LogP contribution in [0.3, 0.4) is 0 Å². The number of nitrogen functional groups attached to an aromatic ring is 1. The van der Waals surface area contributed by atoms with Gasteiger partial charge in [-0.1, -0.05) is 12.1 Å². The van der Waals surface area contributed by atoms with Crippen LogP contribution in [0, 0.1) is 19.7 Å². The number of aromatic nitrogens is 2. The molecule has 18 heavy (non-hydrogen) atoms. The van der Waals surface area contributed by atoms with E-state index in [1.54, 1.807) is 12.1 Å². The molecule has 2 rings (SSSR count). The third-order valence-electron chi connectivity index (χ3n) is 2.96. The van der Waals surface area contributed by atoms with Gasteiger partial charge in [0.25, 0.3) is 0 Å². The van der Waals surface area contributed by atoms with Crippen molar-refractivity contribution in [1.82, 2.24) is 9.55 Å². The number of nitrogens with two attached hydrogens (primary N) is 1. The lowest BCUT2D eigenvalue weighted by Gasteiger charge is -2.06. The van der Waals surface area contributed by atoms with E-state index < -0.39 is 0 Å². The van der Waals surface area contributed by atoms with Crippen LogP contribution in [0.4, 0.5) is 10.2 Å². The number of benzene rings is 1. The van der Waals surface area contributed by atoms with Gasteiger partial charge in [0.05, 0.1) is 0 Å². The zero-order valence-electron chi connectivity index (χ0n) is 10.6. The number of anilines is 1. The number of hydrogen-bond donors (Lipinski definition) is 1. The van der Waals surface area contributed by atoms with Gasteiger partial charge in [-0.15, -0.1) is 6.58 Å². The van der Waals surface area contributed by atoms with Gasteiger partial charge in [0.15, 0.2) is 0 Å². The summed E-state index contributed by atoms with van der Waals surface area (Å²) in [6.07, 6.45) is 1.76. The monoisotopic (exact) mass is 245 g/mol. The van der Waals surface area contributed by atoms with Crippen LogP contribution in [0.2, 0.25) is 0 Å². The number of aryl methyl sites for hydroxylation is 2. The zero-order chi connectivity index (χ0) is 13.3.